The quantitative estimate of drug-likeness (QED) is 0.315. The number of hydrogen-bond acceptors (Lipinski definition) is 7. The SMILES string of the molecule is C/C(=N\NC(=O)Cn1nnc(-c2ccccc2)n1)c1ccc2c(c1)Nc1ccccc1S2. The van der Waals surface area contributed by atoms with Crippen molar-refractivity contribution >= 4 is 34.8 Å². The van der Waals surface area contributed by atoms with Gasteiger partial charge in [-0.1, -0.05) is 60.3 Å². The molecule has 0 spiro atoms. The van der Waals surface area contributed by atoms with Crippen molar-refractivity contribution in [2.75, 3.05) is 5.32 Å². The highest BCUT2D eigenvalue weighted by molar-refractivity contribution is 7.99. The summed E-state index contributed by atoms with van der Waals surface area (Å²) < 4.78 is 0. The van der Waals surface area contributed by atoms with Crippen molar-refractivity contribution in [3.05, 3.63) is 78.4 Å². The third kappa shape index (κ3) is 4.23. The van der Waals surface area contributed by atoms with E-state index < -0.39 is 0 Å². The smallest absolute Gasteiger partial charge is 0.263 e. The van der Waals surface area contributed by atoms with Crippen molar-refractivity contribution < 1.29 is 4.79 Å². The molecule has 0 fully saturated rings. The van der Waals surface area contributed by atoms with Crippen molar-refractivity contribution in [2.45, 2.75) is 23.3 Å². The number of fused-ring (bicyclic) bond motifs is 2. The van der Waals surface area contributed by atoms with E-state index in [-0.39, 0.29) is 12.5 Å². The number of tetrazole rings is 1. The molecule has 0 saturated heterocycles. The first-order valence-corrected chi connectivity index (χ1v) is 10.8. The van der Waals surface area contributed by atoms with E-state index >= 15 is 0 Å². The molecule has 2 N–H and O–H groups in total. The second kappa shape index (κ2) is 8.64. The van der Waals surface area contributed by atoms with Gasteiger partial charge in [0.25, 0.3) is 5.91 Å². The molecule has 8 nitrogen and oxygen atoms in total. The Kier molecular flexibility index (Phi) is 5.39. The van der Waals surface area contributed by atoms with Crippen LogP contribution in [0.5, 0.6) is 0 Å². The molecule has 4 aromatic rings. The summed E-state index contributed by atoms with van der Waals surface area (Å²) in [5.74, 6) is 0.140. The van der Waals surface area contributed by atoms with Crippen LogP contribution < -0.4 is 10.7 Å². The Morgan fingerprint density at radius 3 is 2.69 bits per heavy atom. The van der Waals surface area contributed by atoms with E-state index in [1.165, 1.54) is 9.69 Å². The number of nitrogens with one attached hydrogen (secondary N) is 2. The van der Waals surface area contributed by atoms with Crippen LogP contribution in [-0.2, 0) is 11.3 Å². The largest absolute Gasteiger partial charge is 0.354 e. The predicted octanol–water partition coefficient (Wildman–Crippen LogP) is 4.09. The molecule has 2 heterocycles. The van der Waals surface area contributed by atoms with E-state index in [9.17, 15) is 4.79 Å². The molecule has 0 unspecified atom stereocenters. The van der Waals surface area contributed by atoms with Crippen LogP contribution in [0.2, 0.25) is 0 Å². The van der Waals surface area contributed by atoms with E-state index in [2.05, 4.69) is 49.5 Å². The van der Waals surface area contributed by atoms with Gasteiger partial charge >= 0.3 is 0 Å². The Hall–Kier alpha value is -3.98. The standard InChI is InChI=1S/C23H19N7OS/c1-15(17-11-12-21-19(13-17)24-18-9-5-6-10-20(18)32-21)25-26-22(31)14-30-28-23(27-29-30)16-7-3-2-4-8-16/h2-13,24H,14H2,1H3,(H,26,31)/b25-15+. The molecule has 0 radical (unpaired) electrons. The van der Waals surface area contributed by atoms with Crippen LogP contribution >= 0.6 is 11.8 Å². The Bertz CT molecular complexity index is 1320. The van der Waals surface area contributed by atoms with Crippen molar-refractivity contribution in [1.82, 2.24) is 25.6 Å². The van der Waals surface area contributed by atoms with Gasteiger partial charge in [-0.15, -0.1) is 10.2 Å². The van der Waals surface area contributed by atoms with Gasteiger partial charge in [0.1, 0.15) is 6.54 Å². The molecule has 0 bridgehead atoms. The van der Waals surface area contributed by atoms with Crippen LogP contribution in [0.4, 0.5) is 11.4 Å². The van der Waals surface area contributed by atoms with Crippen LogP contribution in [0.1, 0.15) is 12.5 Å². The van der Waals surface area contributed by atoms with E-state index in [0.717, 1.165) is 27.4 Å². The first-order valence-electron chi connectivity index (χ1n) is 10.0. The lowest BCUT2D eigenvalue weighted by Crippen LogP contribution is -2.25. The van der Waals surface area contributed by atoms with Crippen LogP contribution in [-0.4, -0.2) is 31.8 Å². The third-order valence-electron chi connectivity index (χ3n) is 4.89. The lowest BCUT2D eigenvalue weighted by molar-refractivity contribution is -0.122. The minimum absolute atomic E-state index is 0.0736. The molecule has 32 heavy (non-hydrogen) atoms. The molecule has 1 aliphatic heterocycles. The first kappa shape index (κ1) is 20.0. The van der Waals surface area contributed by atoms with Crippen LogP contribution in [0.15, 0.2) is 87.7 Å². The van der Waals surface area contributed by atoms with Gasteiger partial charge in [-0.2, -0.15) is 9.90 Å². The maximum absolute atomic E-state index is 12.3. The molecular weight excluding hydrogens is 422 g/mol. The Labute approximate surface area is 188 Å². The molecule has 5 rings (SSSR count). The molecule has 0 aliphatic carbocycles. The van der Waals surface area contributed by atoms with Crippen molar-refractivity contribution in [1.29, 1.82) is 0 Å². The Balaban J connectivity index is 1.24. The molecule has 0 atom stereocenters. The van der Waals surface area contributed by atoms with Gasteiger partial charge < -0.3 is 5.32 Å². The summed E-state index contributed by atoms with van der Waals surface area (Å²) in [5, 5.41) is 19.9. The Morgan fingerprint density at radius 1 is 1.03 bits per heavy atom. The molecule has 1 aromatic heterocycles. The summed E-state index contributed by atoms with van der Waals surface area (Å²) in [6, 6.07) is 23.8. The summed E-state index contributed by atoms with van der Waals surface area (Å²) in [5.41, 5.74) is 7.13. The highest BCUT2D eigenvalue weighted by Gasteiger charge is 2.16. The fourth-order valence-electron chi connectivity index (χ4n) is 3.25. The number of hydrogen-bond donors (Lipinski definition) is 2. The summed E-state index contributed by atoms with van der Waals surface area (Å²) in [6.45, 7) is 1.78. The van der Waals surface area contributed by atoms with Gasteiger partial charge in [-0.3, -0.25) is 4.79 Å². The molecular formula is C23H19N7OS. The molecule has 9 heteroatoms. The minimum atomic E-state index is -0.332. The lowest BCUT2D eigenvalue weighted by Gasteiger charge is -2.21. The van der Waals surface area contributed by atoms with E-state index in [1.807, 2.05) is 61.5 Å². The number of nitrogens with zero attached hydrogens (tertiary/aromatic N) is 5. The average Bonchev–Trinajstić information content (AvgIpc) is 3.29. The zero-order valence-corrected chi connectivity index (χ0v) is 18.0. The minimum Gasteiger partial charge on any atom is -0.354 e. The second-order valence-electron chi connectivity index (χ2n) is 7.18. The number of rotatable bonds is 5. The van der Waals surface area contributed by atoms with Gasteiger partial charge in [0, 0.05) is 15.4 Å². The number of amides is 1. The number of carbonyl (C=O) groups is 1. The number of anilines is 2. The summed E-state index contributed by atoms with van der Waals surface area (Å²) in [4.78, 5) is 15.9. The maximum Gasteiger partial charge on any atom is 0.263 e. The topological polar surface area (TPSA) is 97.1 Å². The van der Waals surface area contributed by atoms with Crippen molar-refractivity contribution in [3.8, 4) is 11.4 Å². The van der Waals surface area contributed by atoms with Crippen molar-refractivity contribution in [2.24, 2.45) is 5.10 Å². The first-order chi connectivity index (χ1) is 15.7. The number of aromatic nitrogens is 4. The Morgan fingerprint density at radius 2 is 1.81 bits per heavy atom. The molecule has 1 aliphatic rings. The fourth-order valence-corrected chi connectivity index (χ4v) is 4.22. The van der Waals surface area contributed by atoms with Crippen LogP contribution in [0.25, 0.3) is 11.4 Å². The van der Waals surface area contributed by atoms with Crippen LogP contribution in [0, 0.1) is 0 Å². The number of carbonyl (C=O) groups excluding carboxylic acids is 1. The number of hydrazone groups is 1. The van der Waals surface area contributed by atoms with Gasteiger partial charge in [-0.25, -0.2) is 5.43 Å². The van der Waals surface area contributed by atoms with Gasteiger partial charge in [0.15, 0.2) is 0 Å². The predicted molar refractivity (Wildman–Crippen MR) is 124 cm³/mol. The summed E-state index contributed by atoms with van der Waals surface area (Å²) in [6.07, 6.45) is 0. The zero-order chi connectivity index (χ0) is 21.9. The number of para-hydroxylation sites is 1. The van der Waals surface area contributed by atoms with E-state index in [1.54, 1.807) is 11.8 Å². The third-order valence-corrected chi connectivity index (χ3v) is 6.04. The van der Waals surface area contributed by atoms with E-state index in [0.29, 0.717) is 11.5 Å². The molecule has 0 saturated carbocycles. The molecule has 158 valence electrons. The highest BCUT2D eigenvalue weighted by atomic mass is 32.2. The molecule has 3 aromatic carbocycles. The van der Waals surface area contributed by atoms with Gasteiger partial charge in [0.05, 0.1) is 17.1 Å². The highest BCUT2D eigenvalue weighted by Crippen LogP contribution is 2.44. The van der Waals surface area contributed by atoms with Gasteiger partial charge in [0.2, 0.25) is 5.82 Å². The zero-order valence-electron chi connectivity index (χ0n) is 17.2. The number of benzene rings is 3. The van der Waals surface area contributed by atoms with E-state index in [4.69, 9.17) is 0 Å². The van der Waals surface area contributed by atoms with Gasteiger partial charge in [-0.05, 0) is 42.0 Å². The lowest BCUT2D eigenvalue weighted by atomic mass is 10.1. The van der Waals surface area contributed by atoms with Crippen LogP contribution in [0.3, 0.4) is 0 Å². The summed E-state index contributed by atoms with van der Waals surface area (Å²) >= 11 is 1.73. The normalized spacial score (nSPS) is 12.5. The fraction of sp³-hybridized carbons (Fsp3) is 0.0870. The monoisotopic (exact) mass is 441 g/mol. The average molecular weight is 442 g/mol. The second-order valence-corrected chi connectivity index (χ2v) is 8.26. The molecule has 1 amide bonds. The van der Waals surface area contributed by atoms with Crippen molar-refractivity contribution in [3.63, 3.8) is 0 Å². The maximum atomic E-state index is 12.3. The summed E-state index contributed by atoms with van der Waals surface area (Å²) in [7, 11) is 0.